The van der Waals surface area contributed by atoms with Crippen LogP contribution in [0.15, 0.2) is 48.7 Å². The summed E-state index contributed by atoms with van der Waals surface area (Å²) in [7, 11) is 0. The van der Waals surface area contributed by atoms with Crippen LogP contribution in [0.3, 0.4) is 0 Å². The van der Waals surface area contributed by atoms with E-state index in [1.54, 1.807) is 39.8 Å². The van der Waals surface area contributed by atoms with Gasteiger partial charge in [-0.3, -0.25) is 14.0 Å². The Morgan fingerprint density at radius 3 is 2.68 bits per heavy atom. The van der Waals surface area contributed by atoms with Gasteiger partial charge >= 0.3 is 0 Å². The molecule has 1 aliphatic heterocycles. The number of aromatic nitrogens is 2. The van der Waals surface area contributed by atoms with Crippen LogP contribution < -0.4 is 5.32 Å². The Bertz CT molecular complexity index is 1040. The van der Waals surface area contributed by atoms with Crippen molar-refractivity contribution in [1.29, 1.82) is 0 Å². The number of carbonyl (C=O) groups excluding carboxylic acids is 2. The average Bonchev–Trinajstić information content (AvgIpc) is 3.08. The summed E-state index contributed by atoms with van der Waals surface area (Å²) in [5, 5.41) is 2.64. The lowest BCUT2D eigenvalue weighted by Crippen LogP contribution is -2.38. The van der Waals surface area contributed by atoms with E-state index < -0.39 is 11.7 Å². The lowest BCUT2D eigenvalue weighted by atomic mass is 9.99. The molecule has 1 N–H and O–H groups in total. The quantitative estimate of drug-likeness (QED) is 0.755. The van der Waals surface area contributed by atoms with E-state index in [2.05, 4.69) is 17.2 Å². The van der Waals surface area contributed by atoms with Crippen LogP contribution in [0.1, 0.15) is 40.9 Å². The average molecular weight is 380 g/mol. The third kappa shape index (κ3) is 3.47. The number of nitrogens with one attached hydrogen (secondary N) is 1. The molecule has 3 aromatic rings. The summed E-state index contributed by atoms with van der Waals surface area (Å²) in [6.45, 7) is 3.57. The smallest absolute Gasteiger partial charge is 0.292 e. The van der Waals surface area contributed by atoms with E-state index in [4.69, 9.17) is 0 Å². The van der Waals surface area contributed by atoms with E-state index >= 15 is 0 Å². The number of pyridine rings is 1. The Morgan fingerprint density at radius 2 is 1.93 bits per heavy atom. The second-order valence-electron chi connectivity index (χ2n) is 7.18. The molecule has 0 spiro atoms. The number of hydrogen-bond acceptors (Lipinski definition) is 3. The molecule has 28 heavy (non-hydrogen) atoms. The summed E-state index contributed by atoms with van der Waals surface area (Å²) in [5.41, 5.74) is 1.17. The third-order valence-electron chi connectivity index (χ3n) is 5.11. The van der Waals surface area contributed by atoms with Crippen LogP contribution in [-0.4, -0.2) is 39.2 Å². The molecule has 4 rings (SSSR count). The summed E-state index contributed by atoms with van der Waals surface area (Å²) >= 11 is 0. The minimum absolute atomic E-state index is 0.0913. The largest absolute Gasteiger partial charge is 0.337 e. The number of halogens is 1. The lowest BCUT2D eigenvalue weighted by molar-refractivity contribution is 0.0694. The summed E-state index contributed by atoms with van der Waals surface area (Å²) in [6.07, 6.45) is 3.62. The van der Waals surface area contributed by atoms with Gasteiger partial charge < -0.3 is 10.2 Å². The van der Waals surface area contributed by atoms with Crippen LogP contribution in [0.25, 0.3) is 5.52 Å². The molecule has 3 heterocycles. The predicted octanol–water partition coefficient (Wildman–Crippen LogP) is 3.60. The molecule has 0 bridgehead atoms. The summed E-state index contributed by atoms with van der Waals surface area (Å²) < 4.78 is 15.0. The lowest BCUT2D eigenvalue weighted by Gasteiger charge is -2.29. The normalized spacial score (nSPS) is 15.0. The predicted molar refractivity (Wildman–Crippen MR) is 104 cm³/mol. The van der Waals surface area contributed by atoms with Crippen molar-refractivity contribution in [2.24, 2.45) is 5.92 Å². The van der Waals surface area contributed by atoms with Crippen LogP contribution in [0.2, 0.25) is 0 Å². The van der Waals surface area contributed by atoms with Crippen molar-refractivity contribution in [2.45, 2.75) is 19.8 Å². The molecule has 1 fully saturated rings. The number of benzene rings is 1. The third-order valence-corrected chi connectivity index (χ3v) is 5.11. The van der Waals surface area contributed by atoms with E-state index in [1.165, 1.54) is 18.2 Å². The van der Waals surface area contributed by atoms with Gasteiger partial charge in [0.25, 0.3) is 11.8 Å². The maximum Gasteiger partial charge on any atom is 0.292 e. The van der Waals surface area contributed by atoms with Gasteiger partial charge in [0.15, 0.2) is 5.69 Å². The monoisotopic (exact) mass is 380 g/mol. The molecule has 0 radical (unpaired) electrons. The van der Waals surface area contributed by atoms with E-state index in [1.807, 2.05) is 0 Å². The molecule has 0 unspecified atom stereocenters. The second kappa shape index (κ2) is 7.42. The van der Waals surface area contributed by atoms with Gasteiger partial charge in [-0.15, -0.1) is 0 Å². The van der Waals surface area contributed by atoms with Gasteiger partial charge in [-0.2, -0.15) is 0 Å². The Kier molecular flexibility index (Phi) is 4.81. The van der Waals surface area contributed by atoms with Crippen molar-refractivity contribution in [3.63, 3.8) is 0 Å². The molecule has 2 aromatic heterocycles. The van der Waals surface area contributed by atoms with Crippen LogP contribution in [0, 0.1) is 11.7 Å². The van der Waals surface area contributed by atoms with Crippen molar-refractivity contribution in [1.82, 2.24) is 14.3 Å². The fourth-order valence-electron chi connectivity index (χ4n) is 3.47. The summed E-state index contributed by atoms with van der Waals surface area (Å²) in [5.74, 6) is -0.413. The molecule has 2 amide bonds. The van der Waals surface area contributed by atoms with Crippen molar-refractivity contribution in [3.05, 3.63) is 66.0 Å². The highest BCUT2D eigenvalue weighted by molar-refractivity contribution is 6.06. The molecule has 0 atom stereocenters. The first-order chi connectivity index (χ1) is 13.5. The number of nitrogens with zero attached hydrogens (tertiary/aromatic N) is 3. The molecule has 144 valence electrons. The molecule has 6 nitrogen and oxygen atoms in total. The number of carbonyl (C=O) groups is 2. The zero-order valence-electron chi connectivity index (χ0n) is 15.6. The van der Waals surface area contributed by atoms with E-state index in [0.29, 0.717) is 30.2 Å². The fraction of sp³-hybridized carbons (Fsp3) is 0.286. The summed E-state index contributed by atoms with van der Waals surface area (Å²) in [6, 6.07) is 11.0. The molecular formula is C21H21FN4O2. The second-order valence-corrected chi connectivity index (χ2v) is 7.18. The standard InChI is InChI=1S/C21H21FN4O2/c1-14-8-11-25(12-9-14)21(28)18-17-7-2-3-10-26(17)19(24-18)20(27)23-16-6-4-5-15(22)13-16/h2-7,10,13-14H,8-9,11-12H2,1H3,(H,23,27). The Balaban J connectivity index is 1.66. The van der Waals surface area contributed by atoms with Crippen molar-refractivity contribution in [3.8, 4) is 0 Å². The first-order valence-electron chi connectivity index (χ1n) is 9.36. The maximum atomic E-state index is 13.4. The van der Waals surface area contributed by atoms with Crippen LogP contribution in [0.5, 0.6) is 0 Å². The number of imidazole rings is 1. The molecule has 0 saturated carbocycles. The fourth-order valence-corrected chi connectivity index (χ4v) is 3.47. The van der Waals surface area contributed by atoms with Crippen molar-refractivity contribution < 1.29 is 14.0 Å². The Hall–Kier alpha value is -3.22. The SMILES string of the molecule is CC1CCN(C(=O)c2nc(C(=O)Nc3cccc(F)c3)n3ccccc23)CC1. The number of rotatable bonds is 3. The highest BCUT2D eigenvalue weighted by Crippen LogP contribution is 2.21. The van der Waals surface area contributed by atoms with Crippen LogP contribution in [0.4, 0.5) is 10.1 Å². The number of piperidine rings is 1. The van der Waals surface area contributed by atoms with Crippen LogP contribution >= 0.6 is 0 Å². The number of likely N-dealkylation sites (tertiary alicyclic amines) is 1. The maximum absolute atomic E-state index is 13.4. The van der Waals surface area contributed by atoms with Gasteiger partial charge in [0.2, 0.25) is 5.82 Å². The topological polar surface area (TPSA) is 66.7 Å². The Morgan fingerprint density at radius 1 is 1.14 bits per heavy atom. The van der Waals surface area contributed by atoms with E-state index in [-0.39, 0.29) is 17.4 Å². The minimum Gasteiger partial charge on any atom is -0.337 e. The first-order valence-corrected chi connectivity index (χ1v) is 9.36. The summed E-state index contributed by atoms with van der Waals surface area (Å²) in [4.78, 5) is 31.9. The number of hydrogen-bond donors (Lipinski definition) is 1. The highest BCUT2D eigenvalue weighted by Gasteiger charge is 2.27. The van der Waals surface area contributed by atoms with Gasteiger partial charge in [-0.25, -0.2) is 9.37 Å². The molecule has 0 aliphatic carbocycles. The van der Waals surface area contributed by atoms with Crippen molar-refractivity contribution in [2.75, 3.05) is 18.4 Å². The Labute approximate surface area is 162 Å². The van der Waals surface area contributed by atoms with E-state index in [9.17, 15) is 14.0 Å². The van der Waals surface area contributed by atoms with Gasteiger partial charge in [-0.05, 0) is 49.1 Å². The first kappa shape index (κ1) is 18.2. The van der Waals surface area contributed by atoms with Crippen LogP contribution in [-0.2, 0) is 0 Å². The van der Waals surface area contributed by atoms with Gasteiger partial charge in [-0.1, -0.05) is 19.1 Å². The highest BCUT2D eigenvalue weighted by atomic mass is 19.1. The zero-order chi connectivity index (χ0) is 19.7. The molecule has 7 heteroatoms. The molecular weight excluding hydrogens is 359 g/mol. The molecule has 1 saturated heterocycles. The number of amides is 2. The zero-order valence-corrected chi connectivity index (χ0v) is 15.6. The van der Waals surface area contributed by atoms with Gasteiger partial charge in [0, 0.05) is 25.0 Å². The minimum atomic E-state index is -0.502. The number of fused-ring (bicyclic) bond motifs is 1. The molecule has 1 aromatic carbocycles. The van der Waals surface area contributed by atoms with Gasteiger partial charge in [0.1, 0.15) is 5.82 Å². The molecule has 1 aliphatic rings. The van der Waals surface area contributed by atoms with Crippen molar-refractivity contribution >= 4 is 23.0 Å². The van der Waals surface area contributed by atoms with Gasteiger partial charge in [0.05, 0.1) is 5.52 Å². The number of anilines is 1. The van der Waals surface area contributed by atoms with E-state index in [0.717, 1.165) is 12.8 Å².